The maximum Gasteiger partial charge on any atom is 0.123 e. The molecule has 0 spiro atoms. The molecule has 0 heterocycles. The molecule has 0 atom stereocenters. The highest BCUT2D eigenvalue weighted by molar-refractivity contribution is 5.20. The first-order chi connectivity index (χ1) is 9.33. The van der Waals surface area contributed by atoms with Crippen molar-refractivity contribution < 1.29 is 4.39 Å². The molecule has 1 aromatic carbocycles. The van der Waals surface area contributed by atoms with Crippen molar-refractivity contribution in [1.29, 1.82) is 0 Å². The first-order valence-corrected chi connectivity index (χ1v) is 7.90. The average Bonchev–Trinajstić information content (AvgIpc) is 2.49. The fourth-order valence-electron chi connectivity index (χ4n) is 4.08. The van der Waals surface area contributed by atoms with Crippen LogP contribution in [0.3, 0.4) is 0 Å². The molecule has 1 heteroatoms. The minimum Gasteiger partial charge on any atom is -0.207 e. The Morgan fingerprint density at radius 1 is 0.737 bits per heavy atom. The van der Waals surface area contributed by atoms with Crippen LogP contribution in [0.2, 0.25) is 0 Å². The van der Waals surface area contributed by atoms with Crippen LogP contribution in [0.25, 0.3) is 0 Å². The van der Waals surface area contributed by atoms with Crippen molar-refractivity contribution in [2.45, 2.75) is 57.3 Å². The predicted molar refractivity (Wildman–Crippen MR) is 77.4 cm³/mol. The van der Waals surface area contributed by atoms with Crippen LogP contribution in [-0.2, 0) is 0 Å². The second kappa shape index (κ2) is 6.07. The second-order valence-electron chi connectivity index (χ2n) is 6.37. The normalized spacial score (nSPS) is 29.3. The summed E-state index contributed by atoms with van der Waals surface area (Å²) >= 11 is 0. The van der Waals surface area contributed by atoms with Crippen LogP contribution < -0.4 is 0 Å². The van der Waals surface area contributed by atoms with Gasteiger partial charge in [-0.2, -0.15) is 0 Å². The summed E-state index contributed by atoms with van der Waals surface area (Å²) in [6.45, 7) is 0. The lowest BCUT2D eigenvalue weighted by molar-refractivity contribution is 0.199. The van der Waals surface area contributed by atoms with Crippen molar-refractivity contribution in [3.05, 3.63) is 42.1 Å². The van der Waals surface area contributed by atoms with E-state index in [-0.39, 0.29) is 5.82 Å². The third-order valence-corrected chi connectivity index (χ3v) is 5.26. The van der Waals surface area contributed by atoms with E-state index in [4.69, 9.17) is 0 Å². The van der Waals surface area contributed by atoms with Gasteiger partial charge >= 0.3 is 0 Å². The minimum atomic E-state index is -0.115. The molecule has 1 aromatic rings. The third kappa shape index (κ3) is 3.19. The van der Waals surface area contributed by atoms with Gasteiger partial charge in [-0.05, 0) is 93.2 Å². The van der Waals surface area contributed by atoms with E-state index in [0.717, 1.165) is 11.8 Å². The van der Waals surface area contributed by atoms with E-state index in [2.05, 4.69) is 6.42 Å². The molecular weight excluding hydrogens is 235 g/mol. The lowest BCUT2D eigenvalue weighted by Crippen LogP contribution is -2.23. The molecule has 2 fully saturated rings. The van der Waals surface area contributed by atoms with Gasteiger partial charge in [0.1, 0.15) is 5.82 Å². The molecule has 2 aliphatic rings. The fourth-order valence-corrected chi connectivity index (χ4v) is 4.08. The molecule has 103 valence electrons. The molecule has 0 N–H and O–H groups in total. The SMILES string of the molecule is Fc1ccc(C2CCC(C3CC[CH]CC3)CC2)cc1. The van der Waals surface area contributed by atoms with Gasteiger partial charge in [-0.1, -0.05) is 12.1 Å². The summed E-state index contributed by atoms with van der Waals surface area (Å²) in [7, 11) is 0. The standard InChI is InChI=1S/C18H24F/c19-18-12-10-17(11-13-18)16-8-6-15(7-9-16)14-4-2-1-3-5-14/h1,10-16H,2-9H2. The van der Waals surface area contributed by atoms with Crippen molar-refractivity contribution in [2.75, 3.05) is 0 Å². The van der Waals surface area contributed by atoms with Gasteiger partial charge in [0.15, 0.2) is 0 Å². The summed E-state index contributed by atoms with van der Waals surface area (Å²) in [5, 5.41) is 0. The van der Waals surface area contributed by atoms with Gasteiger partial charge in [0, 0.05) is 0 Å². The monoisotopic (exact) mass is 259 g/mol. The smallest absolute Gasteiger partial charge is 0.123 e. The zero-order valence-electron chi connectivity index (χ0n) is 11.7. The summed E-state index contributed by atoms with van der Waals surface area (Å²) in [6.07, 6.45) is 13.3. The number of benzene rings is 1. The highest BCUT2D eigenvalue weighted by Crippen LogP contribution is 2.42. The van der Waals surface area contributed by atoms with Crippen molar-refractivity contribution in [1.82, 2.24) is 0 Å². The van der Waals surface area contributed by atoms with Crippen molar-refractivity contribution in [2.24, 2.45) is 11.8 Å². The second-order valence-corrected chi connectivity index (χ2v) is 6.37. The third-order valence-electron chi connectivity index (χ3n) is 5.26. The zero-order chi connectivity index (χ0) is 13.1. The zero-order valence-corrected chi connectivity index (χ0v) is 11.7. The molecule has 0 amide bonds. The summed E-state index contributed by atoms with van der Waals surface area (Å²) in [5.41, 5.74) is 1.34. The Hall–Kier alpha value is -0.850. The van der Waals surface area contributed by atoms with Gasteiger partial charge in [0.2, 0.25) is 0 Å². The van der Waals surface area contributed by atoms with Gasteiger partial charge in [-0.15, -0.1) is 0 Å². The molecule has 0 unspecified atom stereocenters. The summed E-state index contributed by atoms with van der Waals surface area (Å²) in [4.78, 5) is 0. The average molecular weight is 259 g/mol. The van der Waals surface area contributed by atoms with Crippen LogP contribution >= 0.6 is 0 Å². The predicted octanol–water partition coefficient (Wildman–Crippen LogP) is 5.49. The highest BCUT2D eigenvalue weighted by Gasteiger charge is 2.28. The Morgan fingerprint density at radius 3 is 1.95 bits per heavy atom. The van der Waals surface area contributed by atoms with E-state index in [1.165, 1.54) is 56.9 Å². The Kier molecular flexibility index (Phi) is 4.20. The van der Waals surface area contributed by atoms with E-state index < -0.39 is 0 Å². The molecule has 0 aromatic heterocycles. The van der Waals surface area contributed by atoms with Crippen LogP contribution in [0.1, 0.15) is 62.8 Å². The summed E-state index contributed by atoms with van der Waals surface area (Å²) in [6, 6.07) is 7.18. The van der Waals surface area contributed by atoms with Crippen LogP contribution in [0.5, 0.6) is 0 Å². The topological polar surface area (TPSA) is 0 Å². The first-order valence-electron chi connectivity index (χ1n) is 7.90. The van der Waals surface area contributed by atoms with Crippen molar-refractivity contribution in [3.63, 3.8) is 0 Å². The Labute approximate surface area is 116 Å². The molecule has 2 saturated carbocycles. The van der Waals surface area contributed by atoms with E-state index >= 15 is 0 Å². The largest absolute Gasteiger partial charge is 0.207 e. The molecule has 3 rings (SSSR count). The number of halogens is 1. The summed E-state index contributed by atoms with van der Waals surface area (Å²) < 4.78 is 13.0. The van der Waals surface area contributed by atoms with Crippen LogP contribution in [-0.4, -0.2) is 0 Å². The van der Waals surface area contributed by atoms with Crippen molar-refractivity contribution >= 4 is 0 Å². The quantitative estimate of drug-likeness (QED) is 0.658. The Bertz CT molecular complexity index is 381. The molecule has 0 aliphatic heterocycles. The Morgan fingerprint density at radius 2 is 1.32 bits per heavy atom. The van der Waals surface area contributed by atoms with Gasteiger partial charge in [-0.25, -0.2) is 4.39 Å². The molecule has 19 heavy (non-hydrogen) atoms. The number of rotatable bonds is 2. The van der Waals surface area contributed by atoms with E-state index in [1.807, 2.05) is 12.1 Å². The maximum atomic E-state index is 13.0. The molecule has 1 radical (unpaired) electrons. The Balaban J connectivity index is 1.55. The molecule has 0 nitrogen and oxygen atoms in total. The van der Waals surface area contributed by atoms with Gasteiger partial charge in [0.05, 0.1) is 0 Å². The van der Waals surface area contributed by atoms with Crippen LogP contribution in [0, 0.1) is 24.1 Å². The van der Waals surface area contributed by atoms with Gasteiger partial charge in [0.25, 0.3) is 0 Å². The lowest BCUT2D eigenvalue weighted by Gasteiger charge is -2.36. The van der Waals surface area contributed by atoms with Gasteiger partial charge in [-0.3, -0.25) is 0 Å². The number of hydrogen-bond acceptors (Lipinski definition) is 0. The molecular formula is C18H24F. The lowest BCUT2D eigenvalue weighted by atomic mass is 9.70. The van der Waals surface area contributed by atoms with Crippen LogP contribution in [0.15, 0.2) is 24.3 Å². The van der Waals surface area contributed by atoms with Crippen molar-refractivity contribution in [3.8, 4) is 0 Å². The molecule has 0 bridgehead atoms. The molecule has 2 aliphatic carbocycles. The fraction of sp³-hybridized carbons (Fsp3) is 0.611. The maximum absolute atomic E-state index is 13.0. The van der Waals surface area contributed by atoms with E-state index in [0.29, 0.717) is 5.92 Å². The first kappa shape index (κ1) is 13.1. The van der Waals surface area contributed by atoms with E-state index in [9.17, 15) is 4.39 Å². The van der Waals surface area contributed by atoms with E-state index in [1.54, 1.807) is 12.1 Å². The molecule has 0 saturated heterocycles. The highest BCUT2D eigenvalue weighted by atomic mass is 19.1. The summed E-state index contributed by atoms with van der Waals surface area (Å²) in [5.74, 6) is 2.51. The minimum absolute atomic E-state index is 0.115. The number of hydrogen-bond donors (Lipinski definition) is 0. The van der Waals surface area contributed by atoms with Crippen LogP contribution in [0.4, 0.5) is 4.39 Å². The van der Waals surface area contributed by atoms with Gasteiger partial charge < -0.3 is 0 Å².